The Kier molecular flexibility index (Phi) is 14.4. The van der Waals surface area contributed by atoms with Crippen molar-refractivity contribution in [3.05, 3.63) is 35.4 Å². The lowest BCUT2D eigenvalue weighted by Gasteiger charge is -2.39. The molecule has 1 aliphatic carbocycles. The van der Waals surface area contributed by atoms with E-state index in [-0.39, 0.29) is 5.91 Å². The van der Waals surface area contributed by atoms with Crippen molar-refractivity contribution < 1.29 is 50.9 Å². The highest BCUT2D eigenvalue weighted by Crippen LogP contribution is 2.29. The Morgan fingerprint density at radius 3 is 1.65 bits per heavy atom. The van der Waals surface area contributed by atoms with Gasteiger partial charge in [0.25, 0.3) is 0 Å². The van der Waals surface area contributed by atoms with E-state index >= 15 is 0 Å². The first-order valence-electron chi connectivity index (χ1n) is 13.8. The van der Waals surface area contributed by atoms with E-state index in [2.05, 4.69) is 48.2 Å². The second kappa shape index (κ2) is 16.2. The number of carbonyl (C=O) groups excluding carboxylic acids is 1. The first kappa shape index (κ1) is 38.1. The van der Waals surface area contributed by atoms with Crippen molar-refractivity contribution in [2.24, 2.45) is 11.7 Å². The largest absolute Gasteiger partial charge is 0.490 e. The maximum Gasteiger partial charge on any atom is 0.490 e. The summed E-state index contributed by atoms with van der Waals surface area (Å²) in [5, 5.41) is 14.2. The van der Waals surface area contributed by atoms with Gasteiger partial charge in [-0.3, -0.25) is 9.69 Å². The van der Waals surface area contributed by atoms with E-state index in [1.54, 1.807) is 0 Å². The van der Waals surface area contributed by atoms with Crippen molar-refractivity contribution in [1.29, 1.82) is 0 Å². The smallest absolute Gasteiger partial charge is 0.475 e. The second-order valence-corrected chi connectivity index (χ2v) is 11.5. The zero-order chi connectivity index (χ0) is 33.2. The average Bonchev–Trinajstić information content (AvgIpc) is 3.31. The lowest BCUT2D eigenvalue weighted by Crippen LogP contribution is -2.53. The summed E-state index contributed by atoms with van der Waals surface area (Å²) in [6, 6.07) is 9.55. The number of nitrogens with zero attached hydrogens (tertiary/aromatic N) is 3. The van der Waals surface area contributed by atoms with Crippen LogP contribution in [0.15, 0.2) is 24.3 Å². The molecule has 0 bridgehead atoms. The van der Waals surface area contributed by atoms with Gasteiger partial charge in [0.2, 0.25) is 5.91 Å². The van der Waals surface area contributed by atoms with Crippen molar-refractivity contribution >= 4 is 17.8 Å². The van der Waals surface area contributed by atoms with Crippen molar-refractivity contribution in [1.82, 2.24) is 14.7 Å². The predicted molar refractivity (Wildman–Crippen MR) is 147 cm³/mol. The number of carboxylic acids is 2. The third-order valence-electron chi connectivity index (χ3n) is 7.03. The van der Waals surface area contributed by atoms with Gasteiger partial charge in [0.05, 0.1) is 5.54 Å². The molecule has 0 unspecified atom stereocenters. The third-order valence-corrected chi connectivity index (χ3v) is 7.03. The molecule has 15 heteroatoms. The number of carbonyl (C=O) groups is 3. The summed E-state index contributed by atoms with van der Waals surface area (Å²) in [6.45, 7) is 8.60. The van der Waals surface area contributed by atoms with E-state index in [0.29, 0.717) is 12.0 Å². The van der Waals surface area contributed by atoms with Crippen LogP contribution in [0.5, 0.6) is 0 Å². The Morgan fingerprint density at radius 2 is 1.30 bits per heavy atom. The van der Waals surface area contributed by atoms with Gasteiger partial charge in [-0.1, -0.05) is 24.3 Å². The number of benzene rings is 1. The minimum Gasteiger partial charge on any atom is -0.475 e. The van der Waals surface area contributed by atoms with Crippen molar-refractivity contribution in [3.63, 3.8) is 0 Å². The molecular weight excluding hydrogens is 586 g/mol. The normalized spacial score (nSPS) is 16.5. The fraction of sp³-hybridized carbons (Fsp3) is 0.679. The maximum atomic E-state index is 12.9. The molecule has 1 aromatic rings. The Hall–Kier alpha value is -2.91. The minimum absolute atomic E-state index is 0.0879. The lowest BCUT2D eigenvalue weighted by molar-refractivity contribution is -0.193. The van der Waals surface area contributed by atoms with E-state index in [1.165, 1.54) is 36.8 Å². The van der Waals surface area contributed by atoms with Gasteiger partial charge in [-0.15, -0.1) is 0 Å². The Labute approximate surface area is 247 Å². The monoisotopic (exact) mass is 628 g/mol. The lowest BCUT2D eigenvalue weighted by atomic mass is 9.93. The molecule has 4 N–H and O–H groups in total. The zero-order valence-electron chi connectivity index (χ0n) is 24.8. The summed E-state index contributed by atoms with van der Waals surface area (Å²) in [5.74, 6) is -4.84. The Bertz CT molecular complexity index is 1000. The van der Waals surface area contributed by atoms with Gasteiger partial charge in [0.15, 0.2) is 0 Å². The number of hydrogen-bond donors (Lipinski definition) is 3. The Balaban J connectivity index is 0.000000548. The van der Waals surface area contributed by atoms with Crippen molar-refractivity contribution in [2.75, 3.05) is 46.8 Å². The molecule has 246 valence electrons. The topological polar surface area (TPSA) is 127 Å². The van der Waals surface area contributed by atoms with E-state index in [9.17, 15) is 31.1 Å². The molecule has 0 atom stereocenters. The van der Waals surface area contributed by atoms with Crippen LogP contribution in [0.4, 0.5) is 26.3 Å². The van der Waals surface area contributed by atoms with Crippen LogP contribution in [0.1, 0.15) is 44.2 Å². The Morgan fingerprint density at radius 1 is 0.884 bits per heavy atom. The molecule has 0 spiro atoms. The fourth-order valence-corrected chi connectivity index (χ4v) is 4.87. The highest BCUT2D eigenvalue weighted by Gasteiger charge is 2.39. The number of carboxylic acid groups (broad SMARTS) is 2. The molecule has 1 heterocycles. The summed E-state index contributed by atoms with van der Waals surface area (Å²) in [6.07, 6.45) is -4.44. The molecule has 43 heavy (non-hydrogen) atoms. The van der Waals surface area contributed by atoms with Crippen LogP contribution in [-0.4, -0.2) is 114 Å². The van der Waals surface area contributed by atoms with Crippen LogP contribution in [0.25, 0.3) is 0 Å². The summed E-state index contributed by atoms with van der Waals surface area (Å²) in [5.41, 5.74) is 8.42. The average molecular weight is 629 g/mol. The zero-order valence-corrected chi connectivity index (χ0v) is 24.8. The molecule has 1 aromatic carbocycles. The van der Waals surface area contributed by atoms with E-state index in [1.807, 2.05) is 18.7 Å². The quantitative estimate of drug-likeness (QED) is 0.373. The van der Waals surface area contributed by atoms with Gasteiger partial charge in [0, 0.05) is 19.1 Å². The van der Waals surface area contributed by atoms with Gasteiger partial charge in [0.1, 0.15) is 0 Å². The first-order valence-corrected chi connectivity index (χ1v) is 13.8. The molecule has 0 radical (unpaired) electrons. The summed E-state index contributed by atoms with van der Waals surface area (Å²) < 4.78 is 63.5. The number of alkyl halides is 6. The summed E-state index contributed by atoms with van der Waals surface area (Å²) >= 11 is 0. The van der Waals surface area contributed by atoms with Crippen LogP contribution >= 0.6 is 0 Å². The SMILES string of the molecule is CN(C)CCCN(CC1CCN(C2Cc3ccccc3C2)CC1)C(=O)C(C)(C)N.O=C(O)C(F)(F)F.O=C(O)C(F)(F)F. The molecule has 2 aliphatic rings. The molecule has 0 aromatic heterocycles. The number of aliphatic carboxylic acids is 2. The molecule has 3 rings (SSSR count). The van der Waals surface area contributed by atoms with E-state index in [4.69, 9.17) is 25.5 Å². The van der Waals surface area contributed by atoms with Crippen LogP contribution < -0.4 is 5.73 Å². The molecule has 9 nitrogen and oxygen atoms in total. The minimum atomic E-state index is -5.08. The maximum absolute atomic E-state index is 12.9. The van der Waals surface area contributed by atoms with Crippen LogP contribution in [-0.2, 0) is 27.2 Å². The first-order chi connectivity index (χ1) is 19.6. The van der Waals surface area contributed by atoms with Gasteiger partial charge in [-0.2, -0.15) is 26.3 Å². The van der Waals surface area contributed by atoms with Crippen LogP contribution in [0.2, 0.25) is 0 Å². The molecule has 1 saturated heterocycles. The van der Waals surface area contributed by atoms with Gasteiger partial charge < -0.3 is 25.7 Å². The number of nitrogens with two attached hydrogens (primary N) is 1. The molecule has 1 amide bonds. The van der Waals surface area contributed by atoms with Crippen molar-refractivity contribution in [3.8, 4) is 0 Å². The number of rotatable bonds is 8. The highest BCUT2D eigenvalue weighted by atomic mass is 19.4. The highest BCUT2D eigenvalue weighted by molar-refractivity contribution is 5.85. The summed E-state index contributed by atoms with van der Waals surface area (Å²) in [4.78, 5) is 37.6. The molecule has 1 aliphatic heterocycles. The van der Waals surface area contributed by atoms with Crippen LogP contribution in [0.3, 0.4) is 0 Å². The van der Waals surface area contributed by atoms with Gasteiger partial charge >= 0.3 is 24.3 Å². The summed E-state index contributed by atoms with van der Waals surface area (Å²) in [7, 11) is 4.16. The number of amides is 1. The van der Waals surface area contributed by atoms with Crippen molar-refractivity contribution in [2.45, 2.75) is 69.9 Å². The standard InChI is InChI=1S/C24H40N4O.2C2HF3O2/c1-24(2,25)23(29)28(13-7-12-26(3)4)18-19-10-14-27(15-11-19)22-16-20-8-5-6-9-21(20)17-22;2*3-2(4,5)1(6)7/h5-6,8-9,19,22H,7,10-18,25H2,1-4H3;2*(H,6,7). The molecular formula is C28H42F6N4O5. The van der Waals surface area contributed by atoms with Crippen LogP contribution in [0, 0.1) is 5.92 Å². The predicted octanol–water partition coefficient (Wildman–Crippen LogP) is 3.65. The second-order valence-electron chi connectivity index (χ2n) is 11.5. The number of piperidine rings is 1. The van der Waals surface area contributed by atoms with Gasteiger partial charge in [-0.25, -0.2) is 9.59 Å². The van der Waals surface area contributed by atoms with E-state index in [0.717, 1.165) is 39.1 Å². The number of likely N-dealkylation sites (tertiary alicyclic amines) is 1. The number of hydrogen-bond acceptors (Lipinski definition) is 6. The fourth-order valence-electron chi connectivity index (χ4n) is 4.87. The number of fused-ring (bicyclic) bond motifs is 1. The third kappa shape index (κ3) is 13.9. The van der Waals surface area contributed by atoms with E-state index < -0.39 is 29.8 Å². The van der Waals surface area contributed by atoms with Gasteiger partial charge in [-0.05, 0) is 96.7 Å². The molecule has 0 saturated carbocycles. The number of halogens is 6. The molecule has 1 fully saturated rings.